The van der Waals surface area contributed by atoms with E-state index in [4.69, 9.17) is 27.9 Å². The van der Waals surface area contributed by atoms with Crippen LogP contribution >= 0.6 is 23.2 Å². The third-order valence-corrected chi connectivity index (χ3v) is 5.17. The van der Waals surface area contributed by atoms with Crippen molar-refractivity contribution >= 4 is 35.1 Å². The molecule has 25 heavy (non-hydrogen) atoms. The predicted octanol–water partition coefficient (Wildman–Crippen LogP) is 4.51. The fraction of sp³-hybridized carbons (Fsp3) is 0.263. The van der Waals surface area contributed by atoms with E-state index < -0.39 is 11.9 Å². The third-order valence-electron chi connectivity index (χ3n) is 4.37. The van der Waals surface area contributed by atoms with Gasteiger partial charge >= 0.3 is 5.97 Å². The Morgan fingerprint density at radius 2 is 1.88 bits per heavy atom. The molecule has 0 saturated carbocycles. The average Bonchev–Trinajstić information content (AvgIpc) is 3.01. The smallest absolute Gasteiger partial charge is 0.316 e. The summed E-state index contributed by atoms with van der Waals surface area (Å²) in [6.07, 6.45) is 0.133. The summed E-state index contributed by atoms with van der Waals surface area (Å²) in [5.74, 6) is -0.842. The maximum atomic E-state index is 12.4. The van der Waals surface area contributed by atoms with Crippen LogP contribution in [-0.4, -0.2) is 23.3 Å². The number of esters is 1. The number of nitrogens with zero attached hydrogens (tertiary/aromatic N) is 1. The van der Waals surface area contributed by atoms with Crippen LogP contribution in [0.25, 0.3) is 0 Å². The van der Waals surface area contributed by atoms with E-state index in [0.29, 0.717) is 11.6 Å². The van der Waals surface area contributed by atoms with Gasteiger partial charge in [0.2, 0.25) is 5.91 Å². The standard InChI is InChI=1S/C19H17Cl2NO3/c1-12(13-6-3-2-4-7-13)22-11-14(10-17(22)23)19(24)25-16-9-5-8-15(20)18(16)21/h2-9,12,14H,10-11H2,1H3/t12-,14-/m0/s1. The summed E-state index contributed by atoms with van der Waals surface area (Å²) in [4.78, 5) is 26.5. The molecule has 2 aromatic rings. The van der Waals surface area contributed by atoms with Crippen LogP contribution in [0.15, 0.2) is 48.5 Å². The highest BCUT2D eigenvalue weighted by atomic mass is 35.5. The molecule has 0 bridgehead atoms. The molecular weight excluding hydrogens is 361 g/mol. The molecule has 0 aliphatic carbocycles. The van der Waals surface area contributed by atoms with Crippen molar-refractivity contribution in [1.29, 1.82) is 0 Å². The number of benzene rings is 2. The molecule has 3 rings (SSSR count). The molecular formula is C19H17Cl2NO3. The van der Waals surface area contributed by atoms with E-state index in [-0.39, 0.29) is 29.1 Å². The molecule has 1 fully saturated rings. The van der Waals surface area contributed by atoms with Crippen molar-refractivity contribution in [2.24, 2.45) is 5.92 Å². The lowest BCUT2D eigenvalue weighted by molar-refractivity contribution is -0.139. The highest BCUT2D eigenvalue weighted by molar-refractivity contribution is 6.43. The third kappa shape index (κ3) is 3.80. The highest BCUT2D eigenvalue weighted by Gasteiger charge is 2.38. The van der Waals surface area contributed by atoms with Crippen LogP contribution in [0, 0.1) is 5.92 Å². The Hall–Kier alpha value is -2.04. The molecule has 2 aromatic carbocycles. The van der Waals surface area contributed by atoms with E-state index in [1.54, 1.807) is 23.1 Å². The lowest BCUT2D eigenvalue weighted by Crippen LogP contribution is -2.30. The van der Waals surface area contributed by atoms with E-state index in [1.165, 1.54) is 0 Å². The van der Waals surface area contributed by atoms with Crippen molar-refractivity contribution in [1.82, 2.24) is 4.90 Å². The number of ether oxygens (including phenoxy) is 1. The molecule has 0 aromatic heterocycles. The second-order valence-electron chi connectivity index (χ2n) is 6.01. The minimum atomic E-state index is -0.520. The average molecular weight is 378 g/mol. The molecule has 1 amide bonds. The Balaban J connectivity index is 1.69. The van der Waals surface area contributed by atoms with Gasteiger partial charge < -0.3 is 9.64 Å². The minimum Gasteiger partial charge on any atom is -0.425 e. The normalized spacial score (nSPS) is 18.3. The van der Waals surface area contributed by atoms with Gasteiger partial charge in [0.05, 0.1) is 17.0 Å². The van der Waals surface area contributed by atoms with Gasteiger partial charge in [-0.25, -0.2) is 0 Å². The molecule has 1 aliphatic rings. The quantitative estimate of drug-likeness (QED) is 0.581. The van der Waals surface area contributed by atoms with Crippen LogP contribution in [0.2, 0.25) is 10.0 Å². The van der Waals surface area contributed by atoms with Crippen molar-refractivity contribution in [2.45, 2.75) is 19.4 Å². The number of amides is 1. The number of rotatable bonds is 4. The zero-order valence-corrected chi connectivity index (χ0v) is 15.1. The van der Waals surface area contributed by atoms with E-state index in [9.17, 15) is 9.59 Å². The topological polar surface area (TPSA) is 46.6 Å². The SMILES string of the molecule is C[C@@H](c1ccccc1)N1C[C@@H](C(=O)Oc2cccc(Cl)c2Cl)CC1=O. The summed E-state index contributed by atoms with van der Waals surface area (Å²) in [5, 5.41) is 0.505. The maximum Gasteiger partial charge on any atom is 0.316 e. The highest BCUT2D eigenvalue weighted by Crippen LogP contribution is 2.33. The molecule has 0 spiro atoms. The Bertz CT molecular complexity index is 795. The van der Waals surface area contributed by atoms with Crippen molar-refractivity contribution in [3.8, 4) is 5.75 Å². The van der Waals surface area contributed by atoms with Crippen LogP contribution in [0.1, 0.15) is 24.9 Å². The monoisotopic (exact) mass is 377 g/mol. The lowest BCUT2D eigenvalue weighted by Gasteiger charge is -2.25. The first kappa shape index (κ1) is 17.8. The van der Waals surface area contributed by atoms with E-state index >= 15 is 0 Å². The summed E-state index contributed by atoms with van der Waals surface area (Å²) >= 11 is 12.0. The van der Waals surface area contributed by atoms with Crippen molar-refractivity contribution in [3.05, 3.63) is 64.1 Å². The largest absolute Gasteiger partial charge is 0.425 e. The second kappa shape index (κ2) is 7.46. The summed E-state index contributed by atoms with van der Waals surface area (Å²) < 4.78 is 5.36. The maximum absolute atomic E-state index is 12.4. The molecule has 4 nitrogen and oxygen atoms in total. The molecule has 1 heterocycles. The number of hydrogen-bond donors (Lipinski definition) is 0. The molecule has 0 unspecified atom stereocenters. The van der Waals surface area contributed by atoms with Crippen LogP contribution < -0.4 is 4.74 Å². The molecule has 6 heteroatoms. The van der Waals surface area contributed by atoms with Crippen LogP contribution in [-0.2, 0) is 9.59 Å². The molecule has 130 valence electrons. The van der Waals surface area contributed by atoms with Crippen molar-refractivity contribution in [2.75, 3.05) is 6.54 Å². The molecule has 0 radical (unpaired) electrons. The van der Waals surface area contributed by atoms with Gasteiger partial charge in [-0.15, -0.1) is 0 Å². The number of halogens is 2. The molecule has 1 saturated heterocycles. The van der Waals surface area contributed by atoms with Crippen LogP contribution in [0.5, 0.6) is 5.75 Å². The summed E-state index contributed by atoms with van der Waals surface area (Å²) in [6.45, 7) is 2.28. The zero-order chi connectivity index (χ0) is 18.0. The molecule has 1 aliphatic heterocycles. The van der Waals surface area contributed by atoms with Gasteiger partial charge in [-0.05, 0) is 24.6 Å². The van der Waals surface area contributed by atoms with Gasteiger partial charge in [0.25, 0.3) is 0 Å². The number of likely N-dealkylation sites (tertiary alicyclic amines) is 1. The fourth-order valence-electron chi connectivity index (χ4n) is 2.93. The Morgan fingerprint density at radius 3 is 2.60 bits per heavy atom. The first-order valence-corrected chi connectivity index (χ1v) is 8.73. The summed E-state index contributed by atoms with van der Waals surface area (Å²) in [5.41, 5.74) is 1.03. The summed E-state index contributed by atoms with van der Waals surface area (Å²) in [6, 6.07) is 14.5. The van der Waals surface area contributed by atoms with Crippen LogP contribution in [0.3, 0.4) is 0 Å². The molecule has 0 N–H and O–H groups in total. The zero-order valence-electron chi connectivity index (χ0n) is 13.6. The second-order valence-corrected chi connectivity index (χ2v) is 6.79. The number of carbonyl (C=O) groups excluding carboxylic acids is 2. The number of hydrogen-bond acceptors (Lipinski definition) is 3. The van der Waals surface area contributed by atoms with Gasteiger partial charge in [-0.2, -0.15) is 0 Å². The van der Waals surface area contributed by atoms with Crippen LogP contribution in [0.4, 0.5) is 0 Å². The van der Waals surface area contributed by atoms with Gasteiger partial charge in [0.15, 0.2) is 5.75 Å². The Kier molecular flexibility index (Phi) is 5.30. The van der Waals surface area contributed by atoms with E-state index in [0.717, 1.165) is 5.56 Å². The summed E-state index contributed by atoms with van der Waals surface area (Å²) in [7, 11) is 0. The van der Waals surface area contributed by atoms with Gasteiger partial charge in [0, 0.05) is 13.0 Å². The lowest BCUT2D eigenvalue weighted by atomic mass is 10.1. The van der Waals surface area contributed by atoms with Crippen molar-refractivity contribution in [3.63, 3.8) is 0 Å². The van der Waals surface area contributed by atoms with Gasteiger partial charge in [-0.3, -0.25) is 9.59 Å². The fourth-order valence-corrected chi connectivity index (χ4v) is 3.26. The van der Waals surface area contributed by atoms with Gasteiger partial charge in [-0.1, -0.05) is 59.6 Å². The Morgan fingerprint density at radius 1 is 1.16 bits per heavy atom. The minimum absolute atomic E-state index is 0.0597. The first-order chi connectivity index (χ1) is 12.0. The first-order valence-electron chi connectivity index (χ1n) is 7.97. The van der Waals surface area contributed by atoms with Crippen molar-refractivity contribution < 1.29 is 14.3 Å². The molecule has 2 atom stereocenters. The predicted molar refractivity (Wildman–Crippen MR) is 96.8 cm³/mol. The van der Waals surface area contributed by atoms with E-state index in [2.05, 4.69) is 0 Å². The number of carbonyl (C=O) groups is 2. The van der Waals surface area contributed by atoms with Gasteiger partial charge in [0.1, 0.15) is 5.02 Å². The Labute approximate surface area is 156 Å². The van der Waals surface area contributed by atoms with E-state index in [1.807, 2.05) is 37.3 Å².